The summed E-state index contributed by atoms with van der Waals surface area (Å²) in [6, 6.07) is 11.4. The zero-order valence-corrected chi connectivity index (χ0v) is 14.9. The molecule has 0 bridgehead atoms. The van der Waals surface area contributed by atoms with Crippen molar-refractivity contribution in [3.63, 3.8) is 0 Å². The molecule has 132 valence electrons. The van der Waals surface area contributed by atoms with Crippen molar-refractivity contribution in [3.8, 4) is 0 Å². The number of rotatable bonds is 5. The van der Waals surface area contributed by atoms with Crippen molar-refractivity contribution < 1.29 is 9.90 Å². The number of carbonyl (C=O) groups excluding carboxylic acids is 1. The van der Waals surface area contributed by atoms with Gasteiger partial charge in [-0.15, -0.1) is 0 Å². The van der Waals surface area contributed by atoms with Crippen LogP contribution in [0.25, 0.3) is 0 Å². The monoisotopic (exact) mass is 359 g/mol. The van der Waals surface area contributed by atoms with E-state index in [0.29, 0.717) is 18.1 Å². The van der Waals surface area contributed by atoms with Crippen molar-refractivity contribution in [2.24, 2.45) is 0 Å². The lowest BCUT2D eigenvalue weighted by molar-refractivity contribution is -0.132. The number of hydrogen-bond acceptors (Lipinski definition) is 4. The van der Waals surface area contributed by atoms with Gasteiger partial charge in [0, 0.05) is 24.3 Å². The minimum atomic E-state index is -0.486. The van der Waals surface area contributed by atoms with Crippen molar-refractivity contribution in [3.05, 3.63) is 64.4 Å². The van der Waals surface area contributed by atoms with Crippen LogP contribution in [0.4, 0.5) is 0 Å². The van der Waals surface area contributed by atoms with Gasteiger partial charge in [0.25, 0.3) is 0 Å². The Balaban J connectivity index is 1.90. The molecule has 2 unspecified atom stereocenters. The zero-order chi connectivity index (χ0) is 17.8. The van der Waals surface area contributed by atoms with Gasteiger partial charge in [0.1, 0.15) is 0 Å². The molecule has 2 atom stereocenters. The lowest BCUT2D eigenvalue weighted by Gasteiger charge is -2.37. The molecule has 0 spiro atoms. The number of amides is 1. The molecule has 1 amide bonds. The molecule has 2 N–H and O–H groups in total. The second-order valence-electron chi connectivity index (χ2n) is 6.32. The lowest BCUT2D eigenvalue weighted by Crippen LogP contribution is -2.45. The second kappa shape index (κ2) is 7.95. The van der Waals surface area contributed by atoms with E-state index in [4.69, 9.17) is 11.6 Å². The Morgan fingerprint density at radius 1 is 1.44 bits per heavy atom. The molecule has 1 aliphatic heterocycles. The van der Waals surface area contributed by atoms with E-state index in [1.165, 1.54) is 5.56 Å². The highest BCUT2D eigenvalue weighted by molar-refractivity contribution is 6.30. The molecule has 0 radical (unpaired) electrons. The van der Waals surface area contributed by atoms with Gasteiger partial charge < -0.3 is 15.3 Å². The van der Waals surface area contributed by atoms with E-state index in [9.17, 15) is 9.90 Å². The number of aliphatic hydroxyl groups is 1. The van der Waals surface area contributed by atoms with Crippen LogP contribution < -0.4 is 5.32 Å². The van der Waals surface area contributed by atoms with Crippen LogP contribution in [-0.4, -0.2) is 46.6 Å². The summed E-state index contributed by atoms with van der Waals surface area (Å²) in [7, 11) is 0. The van der Waals surface area contributed by atoms with E-state index in [2.05, 4.69) is 16.4 Å². The molecule has 1 aromatic heterocycles. The maximum absolute atomic E-state index is 12.8. The van der Waals surface area contributed by atoms with E-state index < -0.39 is 6.10 Å². The zero-order valence-electron chi connectivity index (χ0n) is 14.2. The maximum atomic E-state index is 12.8. The molecule has 6 heteroatoms. The number of halogens is 1. The topological polar surface area (TPSA) is 65.5 Å². The summed E-state index contributed by atoms with van der Waals surface area (Å²) in [5.41, 5.74) is 3.09. The number of hydrogen-bond donors (Lipinski definition) is 2. The maximum Gasteiger partial charge on any atom is 0.237 e. The highest BCUT2D eigenvalue weighted by Gasteiger charge is 2.32. The SMILES string of the molecule is CC(O)CNCC(=O)N1CCc2ccccc2C1c1cc(Cl)ccn1. The third-order valence-corrected chi connectivity index (χ3v) is 4.58. The Morgan fingerprint density at radius 3 is 3.00 bits per heavy atom. The Morgan fingerprint density at radius 2 is 2.24 bits per heavy atom. The van der Waals surface area contributed by atoms with Crippen LogP contribution in [0.3, 0.4) is 0 Å². The first-order chi connectivity index (χ1) is 12.1. The van der Waals surface area contributed by atoms with Crippen LogP contribution in [0.2, 0.25) is 5.02 Å². The average molecular weight is 360 g/mol. The third-order valence-electron chi connectivity index (χ3n) is 4.34. The largest absolute Gasteiger partial charge is 0.392 e. The van der Waals surface area contributed by atoms with Crippen LogP contribution in [-0.2, 0) is 11.2 Å². The van der Waals surface area contributed by atoms with Crippen LogP contribution >= 0.6 is 11.6 Å². The Labute approximate surface area is 152 Å². The first-order valence-corrected chi connectivity index (χ1v) is 8.81. The fraction of sp³-hybridized carbons (Fsp3) is 0.368. The molecule has 1 aliphatic rings. The number of carbonyl (C=O) groups is 1. The minimum Gasteiger partial charge on any atom is -0.392 e. The Kier molecular flexibility index (Phi) is 5.68. The summed E-state index contributed by atoms with van der Waals surface area (Å²) in [6.45, 7) is 2.89. The average Bonchev–Trinajstić information content (AvgIpc) is 2.60. The summed E-state index contributed by atoms with van der Waals surface area (Å²) in [5.74, 6) is -0.0121. The Bertz CT molecular complexity index is 751. The van der Waals surface area contributed by atoms with Crippen molar-refractivity contribution >= 4 is 17.5 Å². The molecule has 0 fully saturated rings. The van der Waals surface area contributed by atoms with Crippen LogP contribution in [0.5, 0.6) is 0 Å². The first kappa shape index (κ1) is 17.9. The number of nitrogens with one attached hydrogen (secondary N) is 1. The standard InChI is InChI=1S/C19H22ClN3O2/c1-13(24)11-21-12-18(25)23-9-7-14-4-2-3-5-16(14)19(23)17-10-15(20)6-8-22-17/h2-6,8,10,13,19,21,24H,7,9,11-12H2,1H3. The molecule has 2 heterocycles. The number of aromatic nitrogens is 1. The van der Waals surface area contributed by atoms with Gasteiger partial charge in [0.05, 0.1) is 24.4 Å². The molecule has 3 rings (SSSR count). The van der Waals surface area contributed by atoms with Crippen LogP contribution in [0, 0.1) is 0 Å². The molecule has 0 aliphatic carbocycles. The predicted molar refractivity (Wildman–Crippen MR) is 97.5 cm³/mol. The second-order valence-corrected chi connectivity index (χ2v) is 6.75. The summed E-state index contributed by atoms with van der Waals surface area (Å²) in [5, 5.41) is 13.0. The van der Waals surface area contributed by atoms with Gasteiger partial charge in [0.15, 0.2) is 0 Å². The van der Waals surface area contributed by atoms with Gasteiger partial charge in [-0.05, 0) is 36.6 Å². The van der Waals surface area contributed by atoms with Crippen LogP contribution in [0.15, 0.2) is 42.6 Å². The van der Waals surface area contributed by atoms with E-state index >= 15 is 0 Å². The molecular formula is C19H22ClN3O2. The fourth-order valence-corrected chi connectivity index (χ4v) is 3.38. The lowest BCUT2D eigenvalue weighted by atomic mass is 9.90. The third kappa shape index (κ3) is 4.18. The Hall–Kier alpha value is -1.95. The molecular weight excluding hydrogens is 338 g/mol. The van der Waals surface area contributed by atoms with E-state index in [0.717, 1.165) is 17.7 Å². The van der Waals surface area contributed by atoms with E-state index in [1.807, 2.05) is 29.2 Å². The van der Waals surface area contributed by atoms with Gasteiger partial charge in [-0.1, -0.05) is 35.9 Å². The van der Waals surface area contributed by atoms with Crippen molar-refractivity contribution in [2.75, 3.05) is 19.6 Å². The molecule has 1 aromatic carbocycles. The van der Waals surface area contributed by atoms with E-state index in [-0.39, 0.29) is 18.5 Å². The highest BCUT2D eigenvalue weighted by atomic mass is 35.5. The van der Waals surface area contributed by atoms with E-state index in [1.54, 1.807) is 19.2 Å². The van der Waals surface area contributed by atoms with Crippen LogP contribution in [0.1, 0.15) is 29.8 Å². The minimum absolute atomic E-state index is 0.0121. The van der Waals surface area contributed by atoms with Gasteiger partial charge in [-0.25, -0.2) is 0 Å². The van der Waals surface area contributed by atoms with Gasteiger partial charge in [-0.3, -0.25) is 9.78 Å². The van der Waals surface area contributed by atoms with Crippen molar-refractivity contribution in [1.82, 2.24) is 15.2 Å². The quantitative estimate of drug-likeness (QED) is 0.858. The van der Waals surface area contributed by atoms with Gasteiger partial charge in [0.2, 0.25) is 5.91 Å². The molecule has 25 heavy (non-hydrogen) atoms. The summed E-state index contributed by atoms with van der Waals surface area (Å²) in [4.78, 5) is 19.1. The summed E-state index contributed by atoms with van der Waals surface area (Å²) >= 11 is 6.15. The molecule has 0 saturated carbocycles. The molecule has 2 aromatic rings. The van der Waals surface area contributed by atoms with Gasteiger partial charge in [-0.2, -0.15) is 0 Å². The normalized spacial score (nSPS) is 17.9. The first-order valence-electron chi connectivity index (χ1n) is 8.44. The fourth-order valence-electron chi connectivity index (χ4n) is 3.21. The van der Waals surface area contributed by atoms with Crippen molar-refractivity contribution in [2.45, 2.75) is 25.5 Å². The number of fused-ring (bicyclic) bond motifs is 1. The summed E-state index contributed by atoms with van der Waals surface area (Å²) in [6.07, 6.45) is 2.00. The van der Waals surface area contributed by atoms with Gasteiger partial charge >= 0.3 is 0 Å². The number of nitrogens with zero attached hydrogens (tertiary/aromatic N) is 2. The number of pyridine rings is 1. The summed E-state index contributed by atoms with van der Waals surface area (Å²) < 4.78 is 0. The number of benzene rings is 1. The molecule has 5 nitrogen and oxygen atoms in total. The van der Waals surface area contributed by atoms with Crippen molar-refractivity contribution in [1.29, 1.82) is 0 Å². The smallest absolute Gasteiger partial charge is 0.237 e. The number of aliphatic hydroxyl groups excluding tert-OH is 1. The predicted octanol–water partition coefficient (Wildman–Crippen LogP) is 2.18. The molecule has 0 saturated heterocycles. The highest BCUT2D eigenvalue weighted by Crippen LogP contribution is 2.34.